The number of ether oxygens (including phenoxy) is 1. The van der Waals surface area contributed by atoms with Crippen LogP contribution in [0.4, 0.5) is 10.5 Å². The monoisotopic (exact) mass is 452 g/mol. The van der Waals surface area contributed by atoms with E-state index in [-0.39, 0.29) is 24.4 Å². The number of nitrogens with one attached hydrogen (secondary N) is 2. The van der Waals surface area contributed by atoms with Crippen LogP contribution in [0, 0.1) is 10.1 Å². The summed E-state index contributed by atoms with van der Waals surface area (Å²) in [6.45, 7) is 3.31. The Labute approximate surface area is 184 Å². The predicted octanol–water partition coefficient (Wildman–Crippen LogP) is 3.60. The maximum absolute atomic E-state index is 12.1. The molecule has 1 aliphatic heterocycles. The molecule has 3 rings (SSSR count). The largest absolute Gasteiger partial charge is 0.374 e. The summed E-state index contributed by atoms with van der Waals surface area (Å²) in [6.07, 6.45) is -0.134. The van der Waals surface area contributed by atoms with Gasteiger partial charge >= 0.3 is 6.03 Å². The Balaban J connectivity index is 1.42. The van der Waals surface area contributed by atoms with Crippen molar-refractivity contribution in [2.24, 2.45) is 0 Å². The number of halogens is 2. The first-order chi connectivity index (χ1) is 14.4. The number of carbonyl (C=O) groups excluding carboxylic acids is 1. The molecule has 0 aliphatic carbocycles. The van der Waals surface area contributed by atoms with Crippen LogP contribution in [-0.4, -0.2) is 48.2 Å². The first kappa shape index (κ1) is 22.3. The molecule has 2 N–H and O–H groups in total. The Morgan fingerprint density at radius 2 is 2.00 bits per heavy atom. The molecule has 8 nitrogen and oxygen atoms in total. The van der Waals surface area contributed by atoms with Crippen molar-refractivity contribution in [1.29, 1.82) is 0 Å². The van der Waals surface area contributed by atoms with Gasteiger partial charge in [-0.3, -0.25) is 15.0 Å². The zero-order valence-corrected chi connectivity index (χ0v) is 17.7. The first-order valence-corrected chi connectivity index (χ1v) is 10.2. The number of morpholine rings is 1. The quantitative estimate of drug-likeness (QED) is 0.493. The molecule has 2 aromatic rings. The number of hydrogen-bond acceptors (Lipinski definition) is 5. The van der Waals surface area contributed by atoms with Gasteiger partial charge in [0.1, 0.15) is 0 Å². The van der Waals surface area contributed by atoms with Crippen molar-refractivity contribution in [3.05, 3.63) is 73.8 Å². The van der Waals surface area contributed by atoms with Gasteiger partial charge in [0.2, 0.25) is 0 Å². The second-order valence-corrected chi connectivity index (χ2v) is 7.78. The summed E-state index contributed by atoms with van der Waals surface area (Å²) in [7, 11) is 0. The van der Waals surface area contributed by atoms with Crippen molar-refractivity contribution in [1.82, 2.24) is 15.5 Å². The lowest BCUT2D eigenvalue weighted by atomic mass is 10.2. The highest BCUT2D eigenvalue weighted by atomic mass is 35.5. The molecule has 0 unspecified atom stereocenters. The minimum absolute atomic E-state index is 0.00706. The summed E-state index contributed by atoms with van der Waals surface area (Å²) >= 11 is 12.0. The molecule has 1 aliphatic rings. The Hall–Kier alpha value is -2.39. The molecule has 2 amide bonds. The zero-order valence-electron chi connectivity index (χ0n) is 16.1. The molecule has 1 heterocycles. The van der Waals surface area contributed by atoms with Crippen LogP contribution in [0.15, 0.2) is 42.5 Å². The van der Waals surface area contributed by atoms with E-state index in [2.05, 4.69) is 15.5 Å². The van der Waals surface area contributed by atoms with Gasteiger partial charge in [-0.2, -0.15) is 0 Å². The molecule has 0 bridgehead atoms. The third-order valence-electron chi connectivity index (χ3n) is 4.68. The predicted molar refractivity (Wildman–Crippen MR) is 115 cm³/mol. The van der Waals surface area contributed by atoms with E-state index in [1.54, 1.807) is 18.2 Å². The number of benzene rings is 2. The number of carbonyl (C=O) groups is 1. The van der Waals surface area contributed by atoms with E-state index < -0.39 is 4.92 Å². The Kier molecular flexibility index (Phi) is 7.87. The lowest BCUT2D eigenvalue weighted by molar-refractivity contribution is -0.384. The van der Waals surface area contributed by atoms with E-state index in [0.717, 1.165) is 18.7 Å². The van der Waals surface area contributed by atoms with Crippen molar-refractivity contribution in [3.63, 3.8) is 0 Å². The lowest BCUT2D eigenvalue weighted by Gasteiger charge is -2.33. The minimum atomic E-state index is -0.465. The van der Waals surface area contributed by atoms with E-state index >= 15 is 0 Å². The number of rotatable bonds is 7. The Morgan fingerprint density at radius 1 is 1.17 bits per heavy atom. The van der Waals surface area contributed by atoms with E-state index in [9.17, 15) is 14.9 Å². The summed E-state index contributed by atoms with van der Waals surface area (Å²) in [5.41, 5.74) is 1.71. The molecule has 1 atom stereocenters. The zero-order chi connectivity index (χ0) is 21.5. The van der Waals surface area contributed by atoms with Gasteiger partial charge in [0.15, 0.2) is 0 Å². The molecule has 10 heteroatoms. The number of nitrogens with zero attached hydrogens (tertiary/aromatic N) is 2. The Morgan fingerprint density at radius 3 is 2.77 bits per heavy atom. The van der Waals surface area contributed by atoms with Crippen LogP contribution < -0.4 is 10.6 Å². The Bertz CT molecular complexity index is 912. The van der Waals surface area contributed by atoms with Crippen LogP contribution in [0.1, 0.15) is 11.1 Å². The summed E-state index contributed by atoms with van der Waals surface area (Å²) in [5, 5.41) is 17.4. The van der Waals surface area contributed by atoms with Crippen molar-refractivity contribution in [2.45, 2.75) is 19.2 Å². The fraction of sp³-hybridized carbons (Fsp3) is 0.350. The number of nitro benzene ring substituents is 1. The number of amides is 2. The fourth-order valence-corrected chi connectivity index (χ4v) is 3.50. The first-order valence-electron chi connectivity index (χ1n) is 9.43. The van der Waals surface area contributed by atoms with Gasteiger partial charge < -0.3 is 15.4 Å². The standard InChI is InChI=1S/C20H22Cl2N4O4/c21-18-5-4-15(9-19(18)22)12-25-6-7-30-17(13-25)11-24-20(27)23-10-14-2-1-3-16(8-14)26(28)29/h1-5,8-9,17H,6-7,10-13H2,(H2,23,24,27)/t17-/m0/s1. The highest BCUT2D eigenvalue weighted by Crippen LogP contribution is 2.23. The smallest absolute Gasteiger partial charge is 0.315 e. The molecule has 0 saturated carbocycles. The van der Waals surface area contributed by atoms with Gasteiger partial charge in [0.25, 0.3) is 5.69 Å². The fourth-order valence-electron chi connectivity index (χ4n) is 3.18. The van der Waals surface area contributed by atoms with Crippen LogP contribution >= 0.6 is 23.2 Å². The lowest BCUT2D eigenvalue weighted by Crippen LogP contribution is -2.48. The second-order valence-electron chi connectivity index (χ2n) is 6.97. The van der Waals surface area contributed by atoms with Crippen LogP contribution in [0.3, 0.4) is 0 Å². The number of nitro groups is 1. The van der Waals surface area contributed by atoms with Crippen molar-refractivity contribution in [2.75, 3.05) is 26.2 Å². The molecule has 0 radical (unpaired) electrons. The molecule has 30 heavy (non-hydrogen) atoms. The third kappa shape index (κ3) is 6.56. The summed E-state index contributed by atoms with van der Waals surface area (Å²) < 4.78 is 5.74. The molecule has 0 spiro atoms. The van der Waals surface area contributed by atoms with Crippen LogP contribution in [-0.2, 0) is 17.8 Å². The molecular formula is C20H22Cl2N4O4. The van der Waals surface area contributed by atoms with Gasteiger partial charge in [-0.05, 0) is 23.3 Å². The minimum Gasteiger partial charge on any atom is -0.374 e. The summed E-state index contributed by atoms with van der Waals surface area (Å²) in [4.78, 5) is 24.7. The second kappa shape index (κ2) is 10.6. The van der Waals surface area contributed by atoms with Crippen molar-refractivity contribution < 1.29 is 14.5 Å². The van der Waals surface area contributed by atoms with Gasteiger partial charge in [0, 0.05) is 44.9 Å². The molecule has 1 fully saturated rings. The molecule has 1 saturated heterocycles. The van der Waals surface area contributed by atoms with E-state index in [4.69, 9.17) is 27.9 Å². The molecule has 0 aromatic heterocycles. The van der Waals surface area contributed by atoms with Crippen molar-refractivity contribution in [3.8, 4) is 0 Å². The van der Waals surface area contributed by atoms with Gasteiger partial charge in [0.05, 0.1) is 27.7 Å². The SMILES string of the molecule is O=C(NCc1cccc([N+](=O)[O-])c1)NC[C@H]1CN(Cc2ccc(Cl)c(Cl)c2)CCO1. The van der Waals surface area contributed by atoms with Gasteiger partial charge in [-0.25, -0.2) is 4.79 Å². The van der Waals surface area contributed by atoms with E-state index in [1.165, 1.54) is 12.1 Å². The van der Waals surface area contributed by atoms with Gasteiger partial charge in [-0.1, -0.05) is 41.4 Å². The summed E-state index contributed by atoms with van der Waals surface area (Å²) in [5.74, 6) is 0. The van der Waals surface area contributed by atoms with Crippen molar-refractivity contribution >= 4 is 34.9 Å². The van der Waals surface area contributed by atoms with Crippen LogP contribution in [0.5, 0.6) is 0 Å². The van der Waals surface area contributed by atoms with E-state index in [0.29, 0.717) is 35.3 Å². The number of non-ortho nitro benzene ring substituents is 1. The molecule has 160 valence electrons. The summed E-state index contributed by atoms with van der Waals surface area (Å²) in [6, 6.07) is 11.4. The van der Waals surface area contributed by atoms with E-state index in [1.807, 2.05) is 12.1 Å². The maximum atomic E-state index is 12.1. The number of urea groups is 1. The number of hydrogen-bond donors (Lipinski definition) is 2. The average molecular weight is 453 g/mol. The van der Waals surface area contributed by atoms with Crippen LogP contribution in [0.2, 0.25) is 10.0 Å². The average Bonchev–Trinajstić information content (AvgIpc) is 2.74. The highest BCUT2D eigenvalue weighted by Gasteiger charge is 2.21. The molecular weight excluding hydrogens is 431 g/mol. The highest BCUT2D eigenvalue weighted by molar-refractivity contribution is 6.42. The third-order valence-corrected chi connectivity index (χ3v) is 5.42. The normalized spacial score (nSPS) is 16.8. The van der Waals surface area contributed by atoms with Gasteiger partial charge in [-0.15, -0.1) is 0 Å². The maximum Gasteiger partial charge on any atom is 0.315 e. The topological polar surface area (TPSA) is 96.7 Å². The molecule has 2 aromatic carbocycles. The van der Waals surface area contributed by atoms with Crippen LogP contribution in [0.25, 0.3) is 0 Å².